The van der Waals surface area contributed by atoms with Crippen LogP contribution in [0.1, 0.15) is 16.8 Å². The van der Waals surface area contributed by atoms with Crippen molar-refractivity contribution in [1.29, 1.82) is 0 Å². The van der Waals surface area contributed by atoms with Gasteiger partial charge < -0.3 is 10.3 Å². The second kappa shape index (κ2) is 6.04. The number of anilines is 1. The second-order valence-electron chi connectivity index (χ2n) is 4.05. The number of alkyl halides is 3. The van der Waals surface area contributed by atoms with E-state index in [-0.39, 0.29) is 0 Å². The van der Waals surface area contributed by atoms with E-state index in [0.717, 1.165) is 11.9 Å². The van der Waals surface area contributed by atoms with Gasteiger partial charge in [-0.05, 0) is 12.1 Å². The Balaban J connectivity index is 2.87. The van der Waals surface area contributed by atoms with Gasteiger partial charge in [0.05, 0.1) is 6.42 Å². The predicted octanol–water partition coefficient (Wildman–Crippen LogP) is 2.27. The van der Waals surface area contributed by atoms with E-state index in [1.807, 2.05) is 0 Å². The molecule has 3 N–H and O–H groups in total. The summed E-state index contributed by atoms with van der Waals surface area (Å²) in [6, 6.07) is 1.40. The Hall–Kier alpha value is -1.90. The van der Waals surface area contributed by atoms with Crippen LogP contribution in [-0.2, 0) is 0 Å². The molecular formula is C11H12F5N3O. The van der Waals surface area contributed by atoms with Crippen molar-refractivity contribution < 1.29 is 26.7 Å². The SMILES string of the molecule is CN(CCC(F)(F)F)C(=O)c1cc(F)c(NN)c(F)c1. The third kappa shape index (κ3) is 4.05. The van der Waals surface area contributed by atoms with Crippen LogP contribution in [0.2, 0.25) is 0 Å². The zero-order valence-electron chi connectivity index (χ0n) is 10.4. The number of carbonyl (C=O) groups excluding carboxylic acids is 1. The highest BCUT2D eigenvalue weighted by Crippen LogP contribution is 2.22. The van der Waals surface area contributed by atoms with E-state index < -0.39 is 47.9 Å². The van der Waals surface area contributed by atoms with E-state index in [2.05, 4.69) is 0 Å². The average molecular weight is 297 g/mol. The number of rotatable bonds is 4. The maximum atomic E-state index is 13.4. The van der Waals surface area contributed by atoms with Crippen LogP contribution >= 0.6 is 0 Å². The van der Waals surface area contributed by atoms with Gasteiger partial charge in [-0.1, -0.05) is 0 Å². The minimum absolute atomic E-state index is 0.399. The molecule has 0 saturated carbocycles. The summed E-state index contributed by atoms with van der Waals surface area (Å²) in [4.78, 5) is 12.5. The van der Waals surface area contributed by atoms with Crippen LogP contribution in [0, 0.1) is 11.6 Å². The van der Waals surface area contributed by atoms with E-state index in [1.54, 1.807) is 5.43 Å². The average Bonchev–Trinajstić information content (AvgIpc) is 2.33. The van der Waals surface area contributed by atoms with Crippen LogP contribution in [0.3, 0.4) is 0 Å². The Morgan fingerprint density at radius 3 is 2.20 bits per heavy atom. The standard InChI is InChI=1S/C11H12F5N3O/c1-19(3-2-11(14,15)16)10(20)6-4-7(12)9(18-17)8(13)5-6/h4-5,18H,2-3,17H2,1H3. The summed E-state index contributed by atoms with van der Waals surface area (Å²) in [7, 11) is 1.11. The summed E-state index contributed by atoms with van der Waals surface area (Å²) >= 11 is 0. The number of nitrogens with two attached hydrogens (primary N) is 1. The molecule has 1 amide bonds. The highest BCUT2D eigenvalue weighted by Gasteiger charge is 2.28. The van der Waals surface area contributed by atoms with Gasteiger partial charge in [0.15, 0.2) is 11.6 Å². The van der Waals surface area contributed by atoms with Crippen molar-refractivity contribution in [1.82, 2.24) is 4.90 Å². The molecule has 0 aliphatic heterocycles. The number of hydrogen-bond acceptors (Lipinski definition) is 3. The lowest BCUT2D eigenvalue weighted by Gasteiger charge is -2.18. The monoisotopic (exact) mass is 297 g/mol. The molecule has 0 aliphatic rings. The van der Waals surface area contributed by atoms with Crippen molar-refractivity contribution in [3.8, 4) is 0 Å². The molecular weight excluding hydrogens is 285 g/mol. The number of hydrazine groups is 1. The van der Waals surface area contributed by atoms with Crippen LogP contribution in [0.15, 0.2) is 12.1 Å². The number of amides is 1. The lowest BCUT2D eigenvalue weighted by molar-refractivity contribution is -0.136. The van der Waals surface area contributed by atoms with Crippen molar-refractivity contribution in [3.63, 3.8) is 0 Å². The fraction of sp³-hybridized carbons (Fsp3) is 0.364. The molecule has 112 valence electrons. The number of hydrogen-bond donors (Lipinski definition) is 2. The van der Waals surface area contributed by atoms with Gasteiger partial charge >= 0.3 is 6.18 Å². The van der Waals surface area contributed by atoms with E-state index in [9.17, 15) is 26.7 Å². The third-order valence-electron chi connectivity index (χ3n) is 2.51. The van der Waals surface area contributed by atoms with Crippen LogP contribution in [0.5, 0.6) is 0 Å². The lowest BCUT2D eigenvalue weighted by atomic mass is 10.1. The highest BCUT2D eigenvalue weighted by molar-refractivity contribution is 5.94. The Bertz CT molecular complexity index is 480. The molecule has 4 nitrogen and oxygen atoms in total. The minimum atomic E-state index is -4.42. The summed E-state index contributed by atoms with van der Waals surface area (Å²) in [5.41, 5.74) is 0.755. The van der Waals surface area contributed by atoms with Crippen LogP contribution in [-0.4, -0.2) is 30.6 Å². The van der Waals surface area contributed by atoms with Crippen molar-refractivity contribution >= 4 is 11.6 Å². The number of nitrogens with zero attached hydrogens (tertiary/aromatic N) is 1. The first-order valence-corrected chi connectivity index (χ1v) is 5.43. The summed E-state index contributed by atoms with van der Waals surface area (Å²) in [6.07, 6.45) is -5.62. The van der Waals surface area contributed by atoms with E-state index in [1.165, 1.54) is 0 Å². The van der Waals surface area contributed by atoms with E-state index in [4.69, 9.17) is 5.84 Å². The van der Waals surface area contributed by atoms with Gasteiger partial charge in [0, 0.05) is 19.2 Å². The molecule has 1 aromatic carbocycles. The summed E-state index contributed by atoms with van der Waals surface area (Å²) in [5, 5.41) is 0. The summed E-state index contributed by atoms with van der Waals surface area (Å²) in [5.74, 6) is 1.74. The maximum absolute atomic E-state index is 13.4. The molecule has 0 unspecified atom stereocenters. The molecule has 0 aromatic heterocycles. The van der Waals surface area contributed by atoms with Gasteiger partial charge in [-0.15, -0.1) is 0 Å². The third-order valence-corrected chi connectivity index (χ3v) is 2.51. The fourth-order valence-corrected chi connectivity index (χ4v) is 1.45. The van der Waals surface area contributed by atoms with Crippen molar-refractivity contribution in [3.05, 3.63) is 29.3 Å². The van der Waals surface area contributed by atoms with Crippen LogP contribution < -0.4 is 11.3 Å². The summed E-state index contributed by atoms with van der Waals surface area (Å²) in [6.45, 7) is -0.609. The van der Waals surface area contributed by atoms with Crippen molar-refractivity contribution in [2.75, 3.05) is 19.0 Å². The van der Waals surface area contributed by atoms with Gasteiger partial charge in [-0.3, -0.25) is 10.6 Å². The largest absolute Gasteiger partial charge is 0.390 e. The molecule has 0 aliphatic carbocycles. The quantitative estimate of drug-likeness (QED) is 0.509. The second-order valence-corrected chi connectivity index (χ2v) is 4.05. The fourth-order valence-electron chi connectivity index (χ4n) is 1.45. The van der Waals surface area contributed by atoms with Crippen LogP contribution in [0.4, 0.5) is 27.6 Å². The number of nitrogen functional groups attached to an aromatic ring is 1. The Morgan fingerprint density at radius 2 is 1.80 bits per heavy atom. The zero-order chi connectivity index (χ0) is 15.5. The molecule has 0 radical (unpaired) electrons. The highest BCUT2D eigenvalue weighted by atomic mass is 19.4. The Labute approximate surface area is 111 Å². The van der Waals surface area contributed by atoms with Crippen molar-refractivity contribution in [2.45, 2.75) is 12.6 Å². The molecule has 0 bridgehead atoms. The molecule has 0 atom stereocenters. The topological polar surface area (TPSA) is 58.4 Å². The molecule has 1 rings (SSSR count). The Kier molecular flexibility index (Phi) is 4.88. The number of carbonyl (C=O) groups is 1. The molecule has 20 heavy (non-hydrogen) atoms. The van der Waals surface area contributed by atoms with Crippen molar-refractivity contribution in [2.24, 2.45) is 5.84 Å². The van der Waals surface area contributed by atoms with Gasteiger partial charge in [0.2, 0.25) is 0 Å². The van der Waals surface area contributed by atoms with E-state index in [0.29, 0.717) is 12.1 Å². The number of nitrogens with one attached hydrogen (secondary N) is 1. The molecule has 1 aromatic rings. The summed E-state index contributed by atoms with van der Waals surface area (Å²) < 4.78 is 62.8. The van der Waals surface area contributed by atoms with Gasteiger partial charge in [0.1, 0.15) is 5.69 Å². The zero-order valence-corrected chi connectivity index (χ0v) is 10.4. The first-order chi connectivity index (χ1) is 9.15. The molecule has 0 spiro atoms. The number of halogens is 5. The number of benzene rings is 1. The molecule has 9 heteroatoms. The van der Waals surface area contributed by atoms with Crippen LogP contribution in [0.25, 0.3) is 0 Å². The predicted molar refractivity (Wildman–Crippen MR) is 61.8 cm³/mol. The lowest BCUT2D eigenvalue weighted by Crippen LogP contribution is -2.30. The first kappa shape index (κ1) is 16.2. The molecule has 0 fully saturated rings. The molecule has 0 heterocycles. The van der Waals surface area contributed by atoms with Gasteiger partial charge in [-0.2, -0.15) is 13.2 Å². The minimum Gasteiger partial charge on any atom is -0.341 e. The smallest absolute Gasteiger partial charge is 0.341 e. The van der Waals surface area contributed by atoms with E-state index >= 15 is 0 Å². The Morgan fingerprint density at radius 1 is 1.30 bits per heavy atom. The van der Waals surface area contributed by atoms with Gasteiger partial charge in [-0.25, -0.2) is 8.78 Å². The normalized spacial score (nSPS) is 11.3. The first-order valence-electron chi connectivity index (χ1n) is 5.43. The molecule has 0 saturated heterocycles. The maximum Gasteiger partial charge on any atom is 0.390 e. The van der Waals surface area contributed by atoms with Gasteiger partial charge in [0.25, 0.3) is 5.91 Å².